The molecule has 0 radical (unpaired) electrons. The minimum atomic E-state index is -1.05. The summed E-state index contributed by atoms with van der Waals surface area (Å²) in [5.74, 6) is 0.385. The van der Waals surface area contributed by atoms with Gasteiger partial charge in [-0.25, -0.2) is 4.79 Å². The van der Waals surface area contributed by atoms with Crippen molar-refractivity contribution in [3.8, 4) is 11.5 Å². The average molecular weight is 846 g/mol. The number of aromatic hydroxyl groups is 1. The molecule has 14 heteroatoms. The highest BCUT2D eigenvalue weighted by Crippen LogP contribution is 2.39. The number of benzene rings is 3. The molecule has 0 aromatic heterocycles. The first kappa shape index (κ1) is 46.3. The van der Waals surface area contributed by atoms with Crippen molar-refractivity contribution in [3.63, 3.8) is 0 Å². The van der Waals surface area contributed by atoms with Crippen molar-refractivity contribution in [3.05, 3.63) is 89.5 Å². The molecular weight excluding hydrogens is 783 g/mol. The van der Waals surface area contributed by atoms with Crippen LogP contribution in [0.2, 0.25) is 0 Å². The molecule has 6 atom stereocenters. The Morgan fingerprint density at radius 2 is 1.67 bits per heavy atom. The van der Waals surface area contributed by atoms with Gasteiger partial charge >= 0.3 is 12.1 Å². The number of piperidine rings is 1. The minimum absolute atomic E-state index is 0.00887. The van der Waals surface area contributed by atoms with E-state index in [1.165, 1.54) is 17.8 Å². The number of alkyl carbamates (subject to hydrolysis) is 1. The molecule has 2 fully saturated rings. The van der Waals surface area contributed by atoms with Gasteiger partial charge in [-0.3, -0.25) is 19.3 Å². The Labute approximate surface area is 358 Å². The number of hydrogen-bond donors (Lipinski definition) is 6. The van der Waals surface area contributed by atoms with E-state index in [2.05, 4.69) is 20.9 Å². The van der Waals surface area contributed by atoms with Crippen LogP contribution in [-0.2, 0) is 20.7 Å². The highest BCUT2D eigenvalue weighted by Gasteiger charge is 2.43. The van der Waals surface area contributed by atoms with Crippen molar-refractivity contribution in [1.29, 1.82) is 0 Å². The van der Waals surface area contributed by atoms with Crippen LogP contribution in [0, 0.1) is 18.8 Å². The van der Waals surface area contributed by atoms with Crippen molar-refractivity contribution in [2.45, 2.75) is 114 Å². The zero-order chi connectivity index (χ0) is 43.2. The van der Waals surface area contributed by atoms with Gasteiger partial charge in [-0.05, 0) is 114 Å². The first-order valence-corrected chi connectivity index (χ1v) is 22.1. The third-order valence-corrected chi connectivity index (χ3v) is 12.4. The molecule has 1 aliphatic carbocycles. The van der Waals surface area contributed by atoms with Crippen LogP contribution in [-0.4, -0.2) is 101 Å². The summed E-state index contributed by atoms with van der Waals surface area (Å²) in [6.07, 6.45) is 5.20. The third-order valence-electron chi connectivity index (χ3n) is 11.3. The number of nitrogens with zero attached hydrogens (tertiary/aromatic N) is 1. The summed E-state index contributed by atoms with van der Waals surface area (Å²) in [4.78, 5) is 55.9. The second-order valence-electron chi connectivity index (χ2n) is 17.1. The highest BCUT2D eigenvalue weighted by molar-refractivity contribution is 7.99. The first-order valence-electron chi connectivity index (χ1n) is 21.1. The van der Waals surface area contributed by atoms with Gasteiger partial charge in [0.1, 0.15) is 23.6 Å². The van der Waals surface area contributed by atoms with Crippen molar-refractivity contribution >= 4 is 35.6 Å². The molecule has 326 valence electrons. The fourth-order valence-electron chi connectivity index (χ4n) is 8.01. The number of amides is 3. The van der Waals surface area contributed by atoms with Crippen molar-refractivity contribution in [1.82, 2.24) is 20.9 Å². The molecule has 0 bridgehead atoms. The Balaban J connectivity index is 1.31. The van der Waals surface area contributed by atoms with Gasteiger partial charge in [-0.1, -0.05) is 55.7 Å². The fraction of sp³-hybridized carbons (Fsp3) is 0.522. The lowest BCUT2D eigenvalue weighted by molar-refractivity contribution is -0.138. The van der Waals surface area contributed by atoms with E-state index < -0.39 is 47.7 Å². The number of fused-ring (bicyclic) bond motifs is 1. The lowest BCUT2D eigenvalue weighted by Gasteiger charge is -2.47. The van der Waals surface area contributed by atoms with E-state index in [1.807, 2.05) is 51.1 Å². The predicted molar refractivity (Wildman–Crippen MR) is 233 cm³/mol. The number of nitrogens with two attached hydrogens (primary N) is 1. The number of carbonyl (C=O) groups is 4. The minimum Gasteiger partial charge on any atom is -0.508 e. The van der Waals surface area contributed by atoms with E-state index in [9.17, 15) is 24.3 Å². The van der Waals surface area contributed by atoms with Crippen LogP contribution < -0.4 is 26.4 Å². The number of likely N-dealkylation sites (tertiary alicyclic amines) is 1. The lowest BCUT2D eigenvalue weighted by Crippen LogP contribution is -2.61. The highest BCUT2D eigenvalue weighted by atomic mass is 32.2. The standard InChI is InChI=1S/C46H63N5O8S/c1-30-36(17-12-18-40(30)52)42(53)49-38(29-60-35-15-6-5-7-16-35)41(28-51-27-33-14-9-8-13-32(33)26-39(51)43(54)50-46(2,3)4)59-45(57)48-23-10-11-24-58-34-21-19-31(20-22-34)25-37(47)44(55)56/h5-7,12,15-22,32-33,37-39,41,52H,8-11,13-14,23-29,47H2,1-4H3,(H,48,57)(H,49,53)(H,50,54)(H,55,56)/t32?,33-,37+,38+,39+,41-/m1/s1. The van der Waals surface area contributed by atoms with Crippen LogP contribution in [0.5, 0.6) is 11.5 Å². The monoisotopic (exact) mass is 845 g/mol. The van der Waals surface area contributed by atoms with Gasteiger partial charge in [0.2, 0.25) is 5.91 Å². The number of carboxylic acid groups (broad SMARTS) is 1. The number of carboxylic acids is 1. The Bertz CT molecular complexity index is 1870. The number of thioether (sulfide) groups is 1. The maximum Gasteiger partial charge on any atom is 0.407 e. The summed E-state index contributed by atoms with van der Waals surface area (Å²) in [6.45, 7) is 9.25. The molecule has 1 saturated carbocycles. The van der Waals surface area contributed by atoms with Gasteiger partial charge in [-0.2, -0.15) is 0 Å². The Hall–Kier alpha value is -4.79. The zero-order valence-corrected chi connectivity index (χ0v) is 36.2. The normalized spacial score (nSPS) is 19.5. The SMILES string of the molecule is Cc1c(O)cccc1C(=O)N[C@@H](CSc1ccccc1)[C@@H](CN1C[C@H]2CCCCC2C[C@H]1C(=O)NC(C)(C)C)OC(=O)NCCCCOc1ccc(C[C@H](N)C(=O)O)cc1. The Kier molecular flexibility index (Phi) is 17.1. The van der Waals surface area contributed by atoms with Crippen molar-refractivity contribution < 1.29 is 38.9 Å². The van der Waals surface area contributed by atoms with Crippen LogP contribution in [0.4, 0.5) is 4.79 Å². The van der Waals surface area contributed by atoms with E-state index in [0.717, 1.165) is 42.6 Å². The average Bonchev–Trinajstić information content (AvgIpc) is 3.21. The molecule has 7 N–H and O–H groups in total. The molecule has 1 saturated heterocycles. The summed E-state index contributed by atoms with van der Waals surface area (Å²) in [5.41, 5.74) is 6.78. The maximum atomic E-state index is 14.0. The number of hydrogen-bond acceptors (Lipinski definition) is 10. The second kappa shape index (κ2) is 22.2. The molecule has 1 unspecified atom stereocenters. The smallest absolute Gasteiger partial charge is 0.407 e. The summed E-state index contributed by atoms with van der Waals surface area (Å²) in [5, 5.41) is 28.8. The van der Waals surface area contributed by atoms with Gasteiger partial charge < -0.3 is 41.4 Å². The number of phenolic OH excluding ortho intramolecular Hbond substituents is 1. The molecule has 1 heterocycles. The fourth-order valence-corrected chi connectivity index (χ4v) is 9.03. The molecular formula is C46H63N5O8S. The maximum absolute atomic E-state index is 14.0. The number of phenols is 1. The number of carbonyl (C=O) groups excluding carboxylic acids is 3. The molecule has 2 aliphatic rings. The number of aliphatic carboxylic acids is 1. The van der Waals surface area contributed by atoms with E-state index in [4.69, 9.17) is 20.3 Å². The number of unbranched alkanes of at least 4 members (excludes halogenated alkanes) is 1. The third kappa shape index (κ3) is 14.2. The van der Waals surface area contributed by atoms with Gasteiger partial charge in [0.25, 0.3) is 5.91 Å². The molecule has 60 heavy (non-hydrogen) atoms. The van der Waals surface area contributed by atoms with Crippen molar-refractivity contribution in [2.24, 2.45) is 17.6 Å². The topological polar surface area (TPSA) is 193 Å². The molecule has 0 spiro atoms. The molecule has 13 nitrogen and oxygen atoms in total. The molecule has 3 aromatic carbocycles. The summed E-state index contributed by atoms with van der Waals surface area (Å²) in [7, 11) is 0. The zero-order valence-electron chi connectivity index (χ0n) is 35.4. The van der Waals surface area contributed by atoms with Crippen LogP contribution in [0.3, 0.4) is 0 Å². The van der Waals surface area contributed by atoms with E-state index in [0.29, 0.717) is 67.0 Å². The number of rotatable bonds is 19. The first-order chi connectivity index (χ1) is 28.7. The molecule has 5 rings (SSSR count). The Morgan fingerprint density at radius 3 is 2.37 bits per heavy atom. The quantitative estimate of drug-likeness (QED) is 0.0587. The van der Waals surface area contributed by atoms with Gasteiger partial charge in [0, 0.05) is 46.9 Å². The summed E-state index contributed by atoms with van der Waals surface area (Å²) >= 11 is 1.54. The van der Waals surface area contributed by atoms with E-state index in [-0.39, 0.29) is 24.6 Å². The van der Waals surface area contributed by atoms with Crippen LogP contribution in [0.15, 0.2) is 77.7 Å². The predicted octanol–water partition coefficient (Wildman–Crippen LogP) is 6.30. The largest absolute Gasteiger partial charge is 0.508 e. The van der Waals surface area contributed by atoms with Gasteiger partial charge in [-0.15, -0.1) is 11.8 Å². The van der Waals surface area contributed by atoms with Gasteiger partial charge in [0.15, 0.2) is 0 Å². The second-order valence-corrected chi connectivity index (χ2v) is 18.2. The molecule has 1 aliphatic heterocycles. The van der Waals surface area contributed by atoms with Gasteiger partial charge in [0.05, 0.1) is 18.7 Å². The Morgan fingerprint density at radius 1 is 0.950 bits per heavy atom. The summed E-state index contributed by atoms with van der Waals surface area (Å²) in [6, 6.07) is 19.7. The lowest BCUT2D eigenvalue weighted by atomic mass is 9.72. The van der Waals surface area contributed by atoms with E-state index >= 15 is 0 Å². The number of ether oxygens (including phenoxy) is 2. The molecule has 3 amide bonds. The molecule has 3 aromatic rings. The number of nitrogens with one attached hydrogen (secondary N) is 3. The van der Waals surface area contributed by atoms with E-state index in [1.54, 1.807) is 43.3 Å². The van der Waals surface area contributed by atoms with Crippen molar-refractivity contribution in [2.75, 3.05) is 32.0 Å². The van der Waals surface area contributed by atoms with Crippen LogP contribution in [0.1, 0.15) is 87.2 Å². The van der Waals surface area contributed by atoms with Crippen LogP contribution >= 0.6 is 11.8 Å². The van der Waals surface area contributed by atoms with Crippen LogP contribution in [0.25, 0.3) is 0 Å². The summed E-state index contributed by atoms with van der Waals surface area (Å²) < 4.78 is 12.2.